The lowest BCUT2D eigenvalue weighted by Gasteiger charge is -2.21. The molecular weight excluding hydrogens is 298 g/mol. The second-order valence-electron chi connectivity index (χ2n) is 5.80. The van der Waals surface area contributed by atoms with Crippen molar-refractivity contribution in [3.63, 3.8) is 0 Å². The van der Waals surface area contributed by atoms with Crippen LogP contribution in [0.3, 0.4) is 0 Å². The molecule has 2 N–H and O–H groups in total. The quantitative estimate of drug-likeness (QED) is 0.642. The van der Waals surface area contributed by atoms with Gasteiger partial charge in [-0.1, -0.05) is 6.92 Å². The van der Waals surface area contributed by atoms with Crippen LogP contribution in [0.1, 0.15) is 40.5 Å². The molecule has 1 amide bonds. The monoisotopic (exact) mass is 323 g/mol. The van der Waals surface area contributed by atoms with Crippen LogP contribution >= 0.6 is 0 Å². The number of ether oxygens (including phenoxy) is 1. The van der Waals surface area contributed by atoms with E-state index in [0.29, 0.717) is 6.42 Å². The van der Waals surface area contributed by atoms with Crippen LogP contribution in [0.2, 0.25) is 0 Å². The molecule has 0 aliphatic carbocycles. The fourth-order valence-corrected chi connectivity index (χ4v) is 2.81. The van der Waals surface area contributed by atoms with E-state index < -0.39 is 39.1 Å². The van der Waals surface area contributed by atoms with Gasteiger partial charge in [-0.05, 0) is 27.2 Å². The third-order valence-electron chi connectivity index (χ3n) is 2.44. The smallest absolute Gasteiger partial charge is 0.326 e. The molecule has 124 valence electrons. The number of sulfone groups is 1. The first kappa shape index (κ1) is 19.9. The molecule has 21 heavy (non-hydrogen) atoms. The van der Waals surface area contributed by atoms with Crippen molar-refractivity contribution >= 4 is 21.7 Å². The summed E-state index contributed by atoms with van der Waals surface area (Å²) < 4.78 is 28.4. The van der Waals surface area contributed by atoms with Gasteiger partial charge in [-0.3, -0.25) is 4.79 Å². The summed E-state index contributed by atoms with van der Waals surface area (Å²) in [4.78, 5) is 22.7. The number of carboxylic acids is 1. The molecule has 1 unspecified atom stereocenters. The Hall–Kier alpha value is -1.15. The van der Waals surface area contributed by atoms with Crippen LogP contribution in [0.4, 0.5) is 0 Å². The summed E-state index contributed by atoms with van der Waals surface area (Å²) in [7, 11) is -3.48. The van der Waals surface area contributed by atoms with E-state index in [1.54, 1.807) is 6.92 Å². The minimum absolute atomic E-state index is 0.0756. The lowest BCUT2D eigenvalue weighted by Crippen LogP contribution is -2.44. The minimum Gasteiger partial charge on any atom is -0.480 e. The summed E-state index contributed by atoms with van der Waals surface area (Å²) in [6.07, 6.45) is 0.490. The maximum atomic E-state index is 11.6. The second kappa shape index (κ2) is 8.33. The zero-order valence-electron chi connectivity index (χ0n) is 13.0. The summed E-state index contributed by atoms with van der Waals surface area (Å²) in [6.45, 7) is 7.35. The summed E-state index contributed by atoms with van der Waals surface area (Å²) in [5, 5.41) is 11.3. The molecule has 8 heteroatoms. The molecule has 0 aromatic heterocycles. The van der Waals surface area contributed by atoms with E-state index in [0.717, 1.165) is 0 Å². The molecule has 1 atom stereocenters. The fraction of sp³-hybridized carbons (Fsp3) is 0.846. The maximum absolute atomic E-state index is 11.6. The number of hydrogen-bond donors (Lipinski definition) is 2. The van der Waals surface area contributed by atoms with Crippen molar-refractivity contribution in [2.24, 2.45) is 0 Å². The molecule has 0 fully saturated rings. The van der Waals surface area contributed by atoms with Crippen LogP contribution in [0.25, 0.3) is 0 Å². The molecule has 0 saturated heterocycles. The first-order chi connectivity index (χ1) is 9.47. The number of carboxylic acid groups (broad SMARTS) is 1. The van der Waals surface area contributed by atoms with Gasteiger partial charge in [-0.2, -0.15) is 0 Å². The Morgan fingerprint density at radius 1 is 1.29 bits per heavy atom. The van der Waals surface area contributed by atoms with Crippen molar-refractivity contribution < 1.29 is 27.9 Å². The molecule has 7 nitrogen and oxygen atoms in total. The van der Waals surface area contributed by atoms with Crippen molar-refractivity contribution in [1.82, 2.24) is 5.32 Å². The standard InChI is InChI=1S/C13H25NO6S/c1-5-8-21(18,19)9-11(15)14-10(12(16)17)6-7-20-13(2,3)4/h10H,5-9H2,1-4H3,(H,14,15)(H,16,17). The number of nitrogens with one attached hydrogen (secondary N) is 1. The lowest BCUT2D eigenvalue weighted by atomic mass is 10.2. The summed E-state index contributed by atoms with van der Waals surface area (Å²) in [5.74, 6) is -2.80. The molecule has 0 radical (unpaired) electrons. The Kier molecular flexibility index (Phi) is 7.87. The minimum atomic E-state index is -3.48. The third-order valence-corrected chi connectivity index (χ3v) is 4.17. The van der Waals surface area contributed by atoms with Crippen LogP contribution in [-0.2, 0) is 24.2 Å². The van der Waals surface area contributed by atoms with Gasteiger partial charge in [0.05, 0.1) is 11.4 Å². The molecular formula is C13H25NO6S. The van der Waals surface area contributed by atoms with Crippen molar-refractivity contribution in [2.75, 3.05) is 18.1 Å². The average molecular weight is 323 g/mol. The highest BCUT2D eigenvalue weighted by atomic mass is 32.2. The van der Waals surface area contributed by atoms with Gasteiger partial charge < -0.3 is 15.2 Å². The predicted octanol–water partition coefficient (Wildman–Crippen LogP) is 0.586. The van der Waals surface area contributed by atoms with E-state index in [-0.39, 0.29) is 18.8 Å². The van der Waals surface area contributed by atoms with E-state index >= 15 is 0 Å². The van der Waals surface area contributed by atoms with Gasteiger partial charge in [-0.15, -0.1) is 0 Å². The first-order valence-corrected chi connectivity index (χ1v) is 8.65. The van der Waals surface area contributed by atoms with Crippen LogP contribution in [0.15, 0.2) is 0 Å². The van der Waals surface area contributed by atoms with E-state index in [9.17, 15) is 18.0 Å². The van der Waals surface area contributed by atoms with Crippen molar-refractivity contribution in [3.8, 4) is 0 Å². The van der Waals surface area contributed by atoms with E-state index in [2.05, 4.69) is 5.32 Å². The molecule has 0 aromatic rings. The summed E-state index contributed by atoms with van der Waals surface area (Å²) in [5.41, 5.74) is -0.405. The van der Waals surface area contributed by atoms with E-state index in [1.165, 1.54) is 0 Å². The highest BCUT2D eigenvalue weighted by Crippen LogP contribution is 2.08. The van der Waals surface area contributed by atoms with Gasteiger partial charge in [0.15, 0.2) is 9.84 Å². The number of amides is 1. The van der Waals surface area contributed by atoms with Crippen LogP contribution in [0, 0.1) is 0 Å². The zero-order chi connectivity index (χ0) is 16.7. The Morgan fingerprint density at radius 2 is 1.86 bits per heavy atom. The van der Waals surface area contributed by atoms with Gasteiger partial charge in [0.25, 0.3) is 0 Å². The lowest BCUT2D eigenvalue weighted by molar-refractivity contribution is -0.142. The molecule has 0 spiro atoms. The Labute approximate surface area is 126 Å². The number of carbonyl (C=O) groups is 2. The largest absolute Gasteiger partial charge is 0.480 e. The van der Waals surface area contributed by atoms with Crippen LogP contribution in [0.5, 0.6) is 0 Å². The summed E-state index contributed by atoms with van der Waals surface area (Å²) >= 11 is 0. The maximum Gasteiger partial charge on any atom is 0.326 e. The second-order valence-corrected chi connectivity index (χ2v) is 7.98. The Balaban J connectivity index is 4.44. The summed E-state index contributed by atoms with van der Waals surface area (Å²) in [6, 6.07) is -1.16. The molecule has 0 aromatic carbocycles. The number of hydrogen-bond acceptors (Lipinski definition) is 5. The van der Waals surface area contributed by atoms with Crippen LogP contribution in [-0.4, -0.2) is 55.2 Å². The molecule has 0 aliphatic heterocycles. The Morgan fingerprint density at radius 3 is 2.29 bits per heavy atom. The predicted molar refractivity (Wildman–Crippen MR) is 78.8 cm³/mol. The van der Waals surface area contributed by atoms with Crippen molar-refractivity contribution in [2.45, 2.75) is 52.2 Å². The number of rotatable bonds is 9. The fourth-order valence-electron chi connectivity index (χ4n) is 1.56. The van der Waals surface area contributed by atoms with Crippen molar-refractivity contribution in [3.05, 3.63) is 0 Å². The Bertz CT molecular complexity index is 452. The molecule has 0 saturated carbocycles. The first-order valence-electron chi connectivity index (χ1n) is 6.83. The van der Waals surface area contributed by atoms with Crippen LogP contribution < -0.4 is 5.32 Å². The van der Waals surface area contributed by atoms with Gasteiger partial charge >= 0.3 is 5.97 Å². The normalized spacial score (nSPS) is 13.7. The SMILES string of the molecule is CCCS(=O)(=O)CC(=O)NC(CCOC(C)(C)C)C(=O)O. The highest BCUT2D eigenvalue weighted by Gasteiger charge is 2.23. The molecule has 0 aliphatic rings. The van der Waals surface area contributed by atoms with Gasteiger partial charge in [0.2, 0.25) is 5.91 Å². The molecule has 0 rings (SSSR count). The third kappa shape index (κ3) is 10.3. The van der Waals surface area contributed by atoms with Gasteiger partial charge in [0.1, 0.15) is 11.8 Å². The van der Waals surface area contributed by atoms with Gasteiger partial charge in [0, 0.05) is 13.0 Å². The number of carbonyl (C=O) groups excluding carboxylic acids is 1. The van der Waals surface area contributed by atoms with E-state index in [4.69, 9.17) is 9.84 Å². The number of aliphatic carboxylic acids is 1. The molecule has 0 heterocycles. The van der Waals surface area contributed by atoms with Crippen molar-refractivity contribution in [1.29, 1.82) is 0 Å². The topological polar surface area (TPSA) is 110 Å². The van der Waals surface area contributed by atoms with E-state index in [1.807, 2.05) is 20.8 Å². The average Bonchev–Trinajstić information content (AvgIpc) is 2.24. The highest BCUT2D eigenvalue weighted by molar-refractivity contribution is 7.92. The molecule has 0 bridgehead atoms. The van der Waals surface area contributed by atoms with Gasteiger partial charge in [-0.25, -0.2) is 13.2 Å². The zero-order valence-corrected chi connectivity index (χ0v) is 13.8.